The standard InChI is InChI=1S/C17H20N2O2/c1-10(2)9-14(18)16(20)15-12-6-4-3-5-11(12)7-8-13(15)17(19)21/h3-8,10,14H,9,18H2,1-2H3,(H2,19,21)/t14-/m0/s1. The molecule has 2 rings (SSSR count). The molecule has 1 amide bonds. The maximum Gasteiger partial charge on any atom is 0.249 e. The van der Waals surface area contributed by atoms with Gasteiger partial charge in [-0.05, 0) is 29.2 Å². The van der Waals surface area contributed by atoms with Crippen LogP contribution in [0.25, 0.3) is 10.8 Å². The number of carbonyl (C=O) groups excluding carboxylic acids is 2. The quantitative estimate of drug-likeness (QED) is 0.827. The van der Waals surface area contributed by atoms with Crippen LogP contribution in [0, 0.1) is 5.92 Å². The van der Waals surface area contributed by atoms with Crippen LogP contribution in [0.15, 0.2) is 36.4 Å². The van der Waals surface area contributed by atoms with Crippen LogP contribution in [0.3, 0.4) is 0 Å². The van der Waals surface area contributed by atoms with E-state index in [1.54, 1.807) is 12.1 Å². The van der Waals surface area contributed by atoms with E-state index in [2.05, 4.69) is 0 Å². The molecule has 0 aliphatic rings. The minimum Gasteiger partial charge on any atom is -0.366 e. The van der Waals surface area contributed by atoms with Crippen molar-refractivity contribution in [1.82, 2.24) is 0 Å². The highest BCUT2D eigenvalue weighted by Crippen LogP contribution is 2.24. The third-order valence-electron chi connectivity index (χ3n) is 3.50. The van der Waals surface area contributed by atoms with E-state index < -0.39 is 11.9 Å². The number of hydrogen-bond donors (Lipinski definition) is 2. The maximum atomic E-state index is 12.7. The third kappa shape index (κ3) is 3.11. The topological polar surface area (TPSA) is 86.2 Å². The smallest absolute Gasteiger partial charge is 0.249 e. The predicted octanol–water partition coefficient (Wildman–Crippen LogP) is 2.49. The van der Waals surface area contributed by atoms with Crippen molar-refractivity contribution in [3.63, 3.8) is 0 Å². The van der Waals surface area contributed by atoms with Gasteiger partial charge in [0.2, 0.25) is 5.91 Å². The summed E-state index contributed by atoms with van der Waals surface area (Å²) in [6.45, 7) is 4.01. The highest BCUT2D eigenvalue weighted by atomic mass is 16.1. The largest absolute Gasteiger partial charge is 0.366 e. The van der Waals surface area contributed by atoms with E-state index in [4.69, 9.17) is 11.5 Å². The number of primary amides is 1. The Morgan fingerprint density at radius 1 is 1.10 bits per heavy atom. The second kappa shape index (κ2) is 6.06. The summed E-state index contributed by atoms with van der Waals surface area (Å²) in [7, 11) is 0. The summed E-state index contributed by atoms with van der Waals surface area (Å²) in [5.41, 5.74) is 12.0. The molecule has 0 bridgehead atoms. The second-order valence-electron chi connectivity index (χ2n) is 5.67. The Morgan fingerprint density at radius 3 is 2.38 bits per heavy atom. The van der Waals surface area contributed by atoms with Crippen molar-refractivity contribution in [2.24, 2.45) is 17.4 Å². The number of fused-ring (bicyclic) bond motifs is 1. The van der Waals surface area contributed by atoms with E-state index >= 15 is 0 Å². The highest BCUT2D eigenvalue weighted by Gasteiger charge is 2.23. The number of nitrogens with two attached hydrogens (primary N) is 2. The van der Waals surface area contributed by atoms with Gasteiger partial charge in [0.05, 0.1) is 11.6 Å². The van der Waals surface area contributed by atoms with Crippen LogP contribution in [0.2, 0.25) is 0 Å². The van der Waals surface area contributed by atoms with Crippen LogP contribution >= 0.6 is 0 Å². The monoisotopic (exact) mass is 284 g/mol. The molecular formula is C17H20N2O2. The van der Waals surface area contributed by atoms with E-state index in [-0.39, 0.29) is 11.3 Å². The Balaban J connectivity index is 2.61. The average Bonchev–Trinajstić information content (AvgIpc) is 2.44. The lowest BCUT2D eigenvalue weighted by Gasteiger charge is -2.16. The third-order valence-corrected chi connectivity index (χ3v) is 3.50. The van der Waals surface area contributed by atoms with Crippen LogP contribution < -0.4 is 11.5 Å². The normalized spacial score (nSPS) is 12.6. The molecular weight excluding hydrogens is 264 g/mol. The summed E-state index contributed by atoms with van der Waals surface area (Å²) in [6.07, 6.45) is 0.570. The number of carbonyl (C=O) groups is 2. The molecule has 0 aliphatic heterocycles. The fourth-order valence-electron chi connectivity index (χ4n) is 2.54. The Bertz CT molecular complexity index is 692. The van der Waals surface area contributed by atoms with Gasteiger partial charge in [-0.25, -0.2) is 0 Å². The van der Waals surface area contributed by atoms with E-state index in [1.165, 1.54) is 0 Å². The van der Waals surface area contributed by atoms with Crippen LogP contribution in [-0.2, 0) is 0 Å². The lowest BCUT2D eigenvalue weighted by molar-refractivity contribution is 0.0936. The van der Waals surface area contributed by atoms with Crippen molar-refractivity contribution < 1.29 is 9.59 Å². The van der Waals surface area contributed by atoms with Crippen molar-refractivity contribution in [3.05, 3.63) is 47.5 Å². The number of hydrogen-bond acceptors (Lipinski definition) is 3. The minimum atomic E-state index is -0.631. The molecule has 4 N–H and O–H groups in total. The van der Waals surface area contributed by atoms with Crippen LogP contribution in [0.4, 0.5) is 0 Å². The van der Waals surface area contributed by atoms with E-state index in [9.17, 15) is 9.59 Å². The molecule has 4 nitrogen and oxygen atoms in total. The molecule has 0 aromatic heterocycles. The fourth-order valence-corrected chi connectivity index (χ4v) is 2.54. The fraction of sp³-hybridized carbons (Fsp3) is 0.294. The van der Waals surface area contributed by atoms with Gasteiger partial charge in [-0.1, -0.05) is 44.2 Å². The van der Waals surface area contributed by atoms with Crippen molar-refractivity contribution >= 4 is 22.5 Å². The Morgan fingerprint density at radius 2 is 1.76 bits per heavy atom. The van der Waals surface area contributed by atoms with Gasteiger partial charge in [0.25, 0.3) is 0 Å². The number of rotatable bonds is 5. The molecule has 0 radical (unpaired) electrons. The molecule has 21 heavy (non-hydrogen) atoms. The first-order valence-corrected chi connectivity index (χ1v) is 7.03. The Hall–Kier alpha value is -2.20. The molecule has 110 valence electrons. The average molecular weight is 284 g/mol. The number of amides is 1. The van der Waals surface area contributed by atoms with E-state index in [0.29, 0.717) is 17.9 Å². The summed E-state index contributed by atoms with van der Waals surface area (Å²) in [4.78, 5) is 24.3. The molecule has 0 fully saturated rings. The zero-order valence-corrected chi connectivity index (χ0v) is 12.3. The molecule has 0 saturated carbocycles. The number of ketones is 1. The molecule has 0 heterocycles. The minimum absolute atomic E-state index is 0.227. The molecule has 0 unspecified atom stereocenters. The van der Waals surface area contributed by atoms with Gasteiger partial charge in [-0.2, -0.15) is 0 Å². The highest BCUT2D eigenvalue weighted by molar-refractivity contribution is 6.17. The lowest BCUT2D eigenvalue weighted by Crippen LogP contribution is -2.33. The molecule has 1 atom stereocenters. The van der Waals surface area contributed by atoms with Gasteiger partial charge in [0.15, 0.2) is 5.78 Å². The first-order chi connectivity index (χ1) is 9.91. The van der Waals surface area contributed by atoms with E-state index in [0.717, 1.165) is 10.8 Å². The lowest BCUT2D eigenvalue weighted by atomic mass is 9.90. The maximum absolute atomic E-state index is 12.7. The SMILES string of the molecule is CC(C)C[C@H](N)C(=O)c1c(C(N)=O)ccc2ccccc12. The van der Waals surface area contributed by atoms with Crippen molar-refractivity contribution in [1.29, 1.82) is 0 Å². The van der Waals surface area contributed by atoms with Gasteiger partial charge in [0.1, 0.15) is 0 Å². The number of benzene rings is 2. The van der Waals surface area contributed by atoms with Gasteiger partial charge < -0.3 is 11.5 Å². The molecule has 4 heteroatoms. The van der Waals surface area contributed by atoms with Gasteiger partial charge in [-0.15, -0.1) is 0 Å². The summed E-state index contributed by atoms with van der Waals surface area (Å²) in [5.74, 6) is -0.536. The van der Waals surface area contributed by atoms with Crippen molar-refractivity contribution in [2.75, 3.05) is 0 Å². The van der Waals surface area contributed by atoms with Crippen LogP contribution in [0.5, 0.6) is 0 Å². The van der Waals surface area contributed by atoms with Gasteiger partial charge in [-0.3, -0.25) is 9.59 Å². The summed E-state index contributed by atoms with van der Waals surface area (Å²) in [5, 5.41) is 1.61. The Labute approximate surface area is 124 Å². The number of Topliss-reactive ketones (excluding diaryl/α,β-unsaturated/α-hetero) is 1. The van der Waals surface area contributed by atoms with Crippen LogP contribution in [-0.4, -0.2) is 17.7 Å². The van der Waals surface area contributed by atoms with Crippen LogP contribution in [0.1, 0.15) is 41.0 Å². The van der Waals surface area contributed by atoms with Crippen molar-refractivity contribution in [2.45, 2.75) is 26.3 Å². The molecule has 2 aromatic carbocycles. The van der Waals surface area contributed by atoms with Gasteiger partial charge >= 0.3 is 0 Å². The van der Waals surface area contributed by atoms with E-state index in [1.807, 2.05) is 38.1 Å². The first-order valence-electron chi connectivity index (χ1n) is 7.03. The molecule has 0 spiro atoms. The molecule has 0 aliphatic carbocycles. The zero-order valence-electron chi connectivity index (χ0n) is 12.3. The molecule has 2 aromatic rings. The summed E-state index contributed by atoms with van der Waals surface area (Å²) < 4.78 is 0. The predicted molar refractivity (Wildman–Crippen MR) is 84.2 cm³/mol. The van der Waals surface area contributed by atoms with Gasteiger partial charge in [0, 0.05) is 5.56 Å². The second-order valence-corrected chi connectivity index (χ2v) is 5.67. The summed E-state index contributed by atoms with van der Waals surface area (Å²) >= 11 is 0. The first kappa shape index (κ1) is 15.2. The zero-order chi connectivity index (χ0) is 15.6. The summed E-state index contributed by atoms with van der Waals surface area (Å²) in [6, 6.07) is 10.2. The van der Waals surface area contributed by atoms with Crippen molar-refractivity contribution in [3.8, 4) is 0 Å². The molecule has 0 saturated heterocycles. The Kier molecular flexibility index (Phi) is 4.38.